The van der Waals surface area contributed by atoms with Crippen molar-refractivity contribution in [1.29, 1.82) is 0 Å². The molecule has 0 aliphatic heterocycles. The van der Waals surface area contributed by atoms with Crippen LogP contribution in [-0.4, -0.2) is 0 Å². The lowest BCUT2D eigenvalue weighted by molar-refractivity contribution is 0.388. The lowest BCUT2D eigenvalue weighted by Crippen LogP contribution is -1.99. The second kappa shape index (κ2) is 10.2. The molecule has 0 amide bonds. The van der Waals surface area contributed by atoms with Crippen molar-refractivity contribution in [3.05, 3.63) is 0 Å². The van der Waals surface area contributed by atoms with Crippen molar-refractivity contribution in [1.82, 2.24) is 0 Å². The Bertz CT molecular complexity index is 125. The molecule has 0 aromatic rings. The van der Waals surface area contributed by atoms with Gasteiger partial charge >= 0.3 is 0 Å². The van der Waals surface area contributed by atoms with Crippen molar-refractivity contribution >= 4 is 0 Å². The van der Waals surface area contributed by atoms with Gasteiger partial charge in [0.1, 0.15) is 0 Å². The number of rotatable bonds is 1. The summed E-state index contributed by atoms with van der Waals surface area (Å²) in [6.45, 7) is 2.38. The standard InChI is InChI=1S/C16H32/c1-2-16-14-12-10-8-6-4-3-5-7-9-11-13-15-16/h16H,2-15H2,1H3. The van der Waals surface area contributed by atoms with Gasteiger partial charge < -0.3 is 0 Å². The molecular weight excluding hydrogens is 192 g/mol. The molecule has 0 nitrogen and oxygen atoms in total. The average Bonchev–Trinajstić information content (AvgIpc) is 2.32. The Kier molecular flexibility index (Phi) is 8.94. The highest BCUT2D eigenvalue weighted by molar-refractivity contribution is 4.59. The number of hydrogen-bond donors (Lipinski definition) is 0. The van der Waals surface area contributed by atoms with E-state index in [0.717, 1.165) is 5.92 Å². The lowest BCUT2D eigenvalue weighted by atomic mass is 9.91. The Morgan fingerprint density at radius 3 is 1.19 bits per heavy atom. The maximum Gasteiger partial charge on any atom is -0.0417 e. The molecule has 1 rings (SSSR count). The highest BCUT2D eigenvalue weighted by atomic mass is 14.1. The molecule has 0 saturated heterocycles. The molecule has 0 radical (unpaired) electrons. The first-order chi connectivity index (χ1) is 7.93. The summed E-state index contributed by atoms with van der Waals surface area (Å²) in [5.41, 5.74) is 0. The number of hydrogen-bond acceptors (Lipinski definition) is 0. The van der Waals surface area contributed by atoms with E-state index in [2.05, 4.69) is 6.92 Å². The summed E-state index contributed by atoms with van der Waals surface area (Å²) in [7, 11) is 0. The maximum atomic E-state index is 2.38. The van der Waals surface area contributed by atoms with Crippen LogP contribution in [-0.2, 0) is 0 Å². The Labute approximate surface area is 103 Å². The molecular formula is C16H32. The zero-order valence-electron chi connectivity index (χ0n) is 11.5. The quantitative estimate of drug-likeness (QED) is 0.505. The Morgan fingerprint density at radius 2 is 0.875 bits per heavy atom. The third-order valence-corrected chi connectivity index (χ3v) is 4.30. The maximum absolute atomic E-state index is 2.38. The first-order valence-electron chi connectivity index (χ1n) is 7.93. The van der Waals surface area contributed by atoms with Gasteiger partial charge in [-0.3, -0.25) is 0 Å². The van der Waals surface area contributed by atoms with E-state index < -0.39 is 0 Å². The first kappa shape index (κ1) is 14.1. The van der Waals surface area contributed by atoms with Crippen LogP contribution >= 0.6 is 0 Å². The van der Waals surface area contributed by atoms with Gasteiger partial charge in [-0.25, -0.2) is 0 Å². The van der Waals surface area contributed by atoms with Crippen LogP contribution < -0.4 is 0 Å². The van der Waals surface area contributed by atoms with Crippen LogP contribution in [0.3, 0.4) is 0 Å². The van der Waals surface area contributed by atoms with Gasteiger partial charge in [-0.05, 0) is 5.92 Å². The minimum Gasteiger partial charge on any atom is -0.0651 e. The van der Waals surface area contributed by atoms with Crippen LogP contribution in [0, 0.1) is 5.92 Å². The highest BCUT2D eigenvalue weighted by Crippen LogP contribution is 2.22. The molecule has 0 N–H and O–H groups in total. The van der Waals surface area contributed by atoms with E-state index >= 15 is 0 Å². The van der Waals surface area contributed by atoms with Gasteiger partial charge in [0, 0.05) is 0 Å². The Balaban J connectivity index is 2.16. The molecule has 1 aliphatic rings. The van der Waals surface area contributed by atoms with E-state index in [4.69, 9.17) is 0 Å². The van der Waals surface area contributed by atoms with Gasteiger partial charge in [-0.2, -0.15) is 0 Å². The Hall–Kier alpha value is 0. The monoisotopic (exact) mass is 224 g/mol. The van der Waals surface area contributed by atoms with Gasteiger partial charge in [0.25, 0.3) is 0 Å². The van der Waals surface area contributed by atoms with Gasteiger partial charge in [0.05, 0.1) is 0 Å². The SMILES string of the molecule is CCC1CCCCCCCCCCCCC1. The zero-order valence-corrected chi connectivity index (χ0v) is 11.5. The van der Waals surface area contributed by atoms with E-state index in [1.165, 1.54) is 89.9 Å². The minimum atomic E-state index is 1.04. The first-order valence-corrected chi connectivity index (χ1v) is 7.93. The molecule has 1 saturated carbocycles. The molecule has 96 valence electrons. The summed E-state index contributed by atoms with van der Waals surface area (Å²) >= 11 is 0. The van der Waals surface area contributed by atoms with Crippen molar-refractivity contribution in [3.63, 3.8) is 0 Å². The summed E-state index contributed by atoms with van der Waals surface area (Å²) in [6.07, 6.45) is 20.9. The molecule has 0 atom stereocenters. The summed E-state index contributed by atoms with van der Waals surface area (Å²) in [6, 6.07) is 0. The second-order valence-corrected chi connectivity index (χ2v) is 5.74. The molecule has 0 bridgehead atoms. The summed E-state index contributed by atoms with van der Waals surface area (Å²) in [5, 5.41) is 0. The largest absolute Gasteiger partial charge is 0.0651 e. The van der Waals surface area contributed by atoms with Crippen molar-refractivity contribution in [2.45, 2.75) is 96.8 Å². The summed E-state index contributed by atoms with van der Waals surface area (Å²) < 4.78 is 0. The van der Waals surface area contributed by atoms with Crippen molar-refractivity contribution < 1.29 is 0 Å². The molecule has 0 spiro atoms. The van der Waals surface area contributed by atoms with E-state index in [9.17, 15) is 0 Å². The fraction of sp³-hybridized carbons (Fsp3) is 1.00. The lowest BCUT2D eigenvalue weighted by Gasteiger charge is -2.15. The normalized spacial score (nSPS) is 23.8. The summed E-state index contributed by atoms with van der Waals surface area (Å²) in [5.74, 6) is 1.04. The van der Waals surface area contributed by atoms with E-state index in [1.807, 2.05) is 0 Å². The molecule has 1 aliphatic carbocycles. The fourth-order valence-corrected chi connectivity index (χ4v) is 3.01. The van der Waals surface area contributed by atoms with Gasteiger partial charge in [0.15, 0.2) is 0 Å². The van der Waals surface area contributed by atoms with E-state index in [-0.39, 0.29) is 0 Å². The van der Waals surface area contributed by atoms with Crippen LogP contribution in [0.5, 0.6) is 0 Å². The molecule has 0 aromatic heterocycles. The molecule has 0 heterocycles. The smallest absolute Gasteiger partial charge is 0.0417 e. The predicted molar refractivity (Wildman–Crippen MR) is 73.8 cm³/mol. The van der Waals surface area contributed by atoms with Crippen molar-refractivity contribution in [3.8, 4) is 0 Å². The third-order valence-electron chi connectivity index (χ3n) is 4.30. The molecule has 0 heteroatoms. The predicted octanol–water partition coefficient (Wildman–Crippen LogP) is 6.10. The van der Waals surface area contributed by atoms with E-state index in [0.29, 0.717) is 0 Å². The van der Waals surface area contributed by atoms with Crippen LogP contribution in [0.4, 0.5) is 0 Å². The summed E-state index contributed by atoms with van der Waals surface area (Å²) in [4.78, 5) is 0. The Morgan fingerprint density at radius 1 is 0.562 bits per heavy atom. The van der Waals surface area contributed by atoms with Crippen LogP contribution in [0.25, 0.3) is 0 Å². The van der Waals surface area contributed by atoms with Gasteiger partial charge in [0.2, 0.25) is 0 Å². The van der Waals surface area contributed by atoms with Crippen molar-refractivity contribution in [2.75, 3.05) is 0 Å². The third kappa shape index (κ3) is 7.30. The van der Waals surface area contributed by atoms with Crippen LogP contribution in [0.15, 0.2) is 0 Å². The topological polar surface area (TPSA) is 0 Å². The highest BCUT2D eigenvalue weighted by Gasteiger charge is 2.06. The molecule has 0 unspecified atom stereocenters. The van der Waals surface area contributed by atoms with Crippen LogP contribution in [0.2, 0.25) is 0 Å². The van der Waals surface area contributed by atoms with Gasteiger partial charge in [-0.15, -0.1) is 0 Å². The molecule has 0 aromatic carbocycles. The molecule has 16 heavy (non-hydrogen) atoms. The van der Waals surface area contributed by atoms with Crippen LogP contribution in [0.1, 0.15) is 96.8 Å². The minimum absolute atomic E-state index is 1.04. The fourth-order valence-electron chi connectivity index (χ4n) is 3.01. The van der Waals surface area contributed by atoms with E-state index in [1.54, 1.807) is 0 Å². The average molecular weight is 224 g/mol. The zero-order chi connectivity index (χ0) is 11.5. The molecule has 1 fully saturated rings. The van der Waals surface area contributed by atoms with Crippen molar-refractivity contribution in [2.24, 2.45) is 5.92 Å². The van der Waals surface area contributed by atoms with Gasteiger partial charge in [-0.1, -0.05) is 96.8 Å². The second-order valence-electron chi connectivity index (χ2n) is 5.74.